The SMILES string of the molecule is OCc1nnc(-c2cc(Cl)cc(Br)c2)n1C1CC1. The van der Waals surface area contributed by atoms with Crippen molar-refractivity contribution in [1.29, 1.82) is 0 Å². The van der Waals surface area contributed by atoms with E-state index in [-0.39, 0.29) is 6.61 Å². The van der Waals surface area contributed by atoms with Gasteiger partial charge < -0.3 is 9.67 Å². The number of hydrogen-bond donors (Lipinski definition) is 1. The molecule has 0 atom stereocenters. The Balaban J connectivity index is 2.13. The summed E-state index contributed by atoms with van der Waals surface area (Å²) in [6.45, 7) is -0.0920. The van der Waals surface area contributed by atoms with E-state index in [9.17, 15) is 5.11 Å². The minimum atomic E-state index is -0.0920. The first-order valence-corrected chi connectivity index (χ1v) is 6.87. The van der Waals surface area contributed by atoms with Crippen LogP contribution in [-0.2, 0) is 6.61 Å². The van der Waals surface area contributed by atoms with Crippen molar-refractivity contribution in [1.82, 2.24) is 14.8 Å². The maximum absolute atomic E-state index is 9.31. The first kappa shape index (κ1) is 12.1. The van der Waals surface area contributed by atoms with Gasteiger partial charge in [0.05, 0.1) is 0 Å². The van der Waals surface area contributed by atoms with Crippen LogP contribution >= 0.6 is 27.5 Å². The van der Waals surface area contributed by atoms with Gasteiger partial charge in [0.1, 0.15) is 6.61 Å². The molecule has 94 valence electrons. The fourth-order valence-electron chi connectivity index (χ4n) is 2.03. The average Bonchev–Trinajstić information content (AvgIpc) is 3.07. The van der Waals surface area contributed by atoms with Gasteiger partial charge in [0.15, 0.2) is 11.6 Å². The smallest absolute Gasteiger partial charge is 0.164 e. The summed E-state index contributed by atoms with van der Waals surface area (Å²) in [5.74, 6) is 1.38. The maximum atomic E-state index is 9.31. The molecule has 0 amide bonds. The number of halogens is 2. The average molecular weight is 329 g/mol. The lowest BCUT2D eigenvalue weighted by Crippen LogP contribution is -2.03. The van der Waals surface area contributed by atoms with Crippen LogP contribution in [0, 0.1) is 0 Å². The molecule has 1 aliphatic rings. The van der Waals surface area contributed by atoms with Crippen molar-refractivity contribution >= 4 is 27.5 Å². The topological polar surface area (TPSA) is 50.9 Å². The fraction of sp³-hybridized carbons (Fsp3) is 0.333. The summed E-state index contributed by atoms with van der Waals surface area (Å²) in [6.07, 6.45) is 2.22. The predicted octanol–water partition coefficient (Wildman–Crippen LogP) is 3.19. The molecule has 0 spiro atoms. The normalized spacial score (nSPS) is 15.1. The summed E-state index contributed by atoms with van der Waals surface area (Å²) in [5.41, 5.74) is 0.911. The van der Waals surface area contributed by atoms with Gasteiger partial charge in [-0.15, -0.1) is 10.2 Å². The van der Waals surface area contributed by atoms with Crippen molar-refractivity contribution in [2.24, 2.45) is 0 Å². The number of nitrogens with zero attached hydrogens (tertiary/aromatic N) is 3. The highest BCUT2D eigenvalue weighted by atomic mass is 79.9. The Morgan fingerprint density at radius 1 is 1.33 bits per heavy atom. The lowest BCUT2D eigenvalue weighted by Gasteiger charge is -2.08. The zero-order valence-corrected chi connectivity index (χ0v) is 11.8. The van der Waals surface area contributed by atoms with Gasteiger partial charge in [-0.25, -0.2) is 0 Å². The first-order valence-electron chi connectivity index (χ1n) is 5.70. The first-order chi connectivity index (χ1) is 8.69. The molecule has 1 fully saturated rings. The molecule has 0 radical (unpaired) electrons. The second kappa shape index (κ2) is 4.64. The molecule has 4 nitrogen and oxygen atoms in total. The summed E-state index contributed by atoms with van der Waals surface area (Å²) >= 11 is 9.47. The Bertz CT molecular complexity index is 575. The number of aromatic nitrogens is 3. The van der Waals surface area contributed by atoms with Crippen LogP contribution in [-0.4, -0.2) is 19.9 Å². The van der Waals surface area contributed by atoms with E-state index in [2.05, 4.69) is 26.1 Å². The molecule has 1 saturated carbocycles. The molecule has 1 aliphatic carbocycles. The van der Waals surface area contributed by atoms with Crippen molar-refractivity contribution in [3.63, 3.8) is 0 Å². The Morgan fingerprint density at radius 3 is 2.72 bits per heavy atom. The minimum Gasteiger partial charge on any atom is -0.388 e. The number of benzene rings is 1. The van der Waals surface area contributed by atoms with Gasteiger partial charge >= 0.3 is 0 Å². The fourth-order valence-corrected chi connectivity index (χ4v) is 2.89. The third-order valence-corrected chi connectivity index (χ3v) is 3.62. The van der Waals surface area contributed by atoms with E-state index in [0.29, 0.717) is 16.9 Å². The second-order valence-corrected chi connectivity index (χ2v) is 5.71. The van der Waals surface area contributed by atoms with Crippen LogP contribution in [0.4, 0.5) is 0 Å². The minimum absolute atomic E-state index is 0.0920. The second-order valence-electron chi connectivity index (χ2n) is 4.36. The molecule has 2 aromatic rings. The van der Waals surface area contributed by atoms with E-state index in [1.807, 2.05) is 22.8 Å². The highest BCUT2D eigenvalue weighted by Gasteiger charge is 2.29. The summed E-state index contributed by atoms with van der Waals surface area (Å²) < 4.78 is 2.92. The maximum Gasteiger partial charge on any atom is 0.164 e. The molecule has 0 saturated heterocycles. The Kier molecular flexibility index (Phi) is 3.13. The highest BCUT2D eigenvalue weighted by molar-refractivity contribution is 9.10. The van der Waals surface area contributed by atoms with Crippen LogP contribution in [0.2, 0.25) is 5.02 Å². The van der Waals surface area contributed by atoms with Gasteiger partial charge in [0.25, 0.3) is 0 Å². The van der Waals surface area contributed by atoms with E-state index < -0.39 is 0 Å². The monoisotopic (exact) mass is 327 g/mol. The predicted molar refractivity (Wildman–Crippen MR) is 72.4 cm³/mol. The lowest BCUT2D eigenvalue weighted by molar-refractivity contribution is 0.265. The number of aliphatic hydroxyl groups is 1. The standard InChI is InChI=1S/C12H11BrClN3O/c13-8-3-7(4-9(14)5-8)12-16-15-11(6-18)17(12)10-1-2-10/h3-5,10,18H,1-2,6H2. The van der Waals surface area contributed by atoms with Gasteiger partial charge in [-0.1, -0.05) is 27.5 Å². The quantitative estimate of drug-likeness (QED) is 0.941. The van der Waals surface area contributed by atoms with Crippen molar-refractivity contribution < 1.29 is 5.11 Å². The van der Waals surface area contributed by atoms with Crippen LogP contribution in [0.1, 0.15) is 24.7 Å². The molecule has 0 bridgehead atoms. The van der Waals surface area contributed by atoms with Crippen molar-refractivity contribution in [3.05, 3.63) is 33.5 Å². The van der Waals surface area contributed by atoms with Crippen LogP contribution in [0.5, 0.6) is 0 Å². The molecule has 0 unspecified atom stereocenters. The number of rotatable bonds is 3. The third kappa shape index (κ3) is 2.18. The Labute approximate surface area is 118 Å². The zero-order valence-electron chi connectivity index (χ0n) is 9.48. The third-order valence-electron chi connectivity index (χ3n) is 2.94. The van der Waals surface area contributed by atoms with E-state index in [1.165, 1.54) is 0 Å². The molecule has 6 heteroatoms. The largest absolute Gasteiger partial charge is 0.388 e. The summed E-state index contributed by atoms with van der Waals surface area (Å²) in [7, 11) is 0. The van der Waals surface area contributed by atoms with Gasteiger partial charge in [-0.05, 0) is 31.0 Å². The van der Waals surface area contributed by atoms with Crippen LogP contribution in [0.3, 0.4) is 0 Å². The highest BCUT2D eigenvalue weighted by Crippen LogP contribution is 2.39. The van der Waals surface area contributed by atoms with E-state index in [1.54, 1.807) is 0 Å². The summed E-state index contributed by atoms with van der Waals surface area (Å²) in [5, 5.41) is 18.2. The van der Waals surface area contributed by atoms with Gasteiger partial charge in [-0.3, -0.25) is 0 Å². The molecule has 1 aromatic carbocycles. The molecule has 1 aromatic heterocycles. The molecule has 1 heterocycles. The molecule has 0 aliphatic heterocycles. The summed E-state index contributed by atoms with van der Waals surface area (Å²) in [6, 6.07) is 6.05. The van der Waals surface area contributed by atoms with E-state index >= 15 is 0 Å². The van der Waals surface area contributed by atoms with Crippen molar-refractivity contribution in [3.8, 4) is 11.4 Å². The van der Waals surface area contributed by atoms with E-state index in [4.69, 9.17) is 11.6 Å². The molecular formula is C12H11BrClN3O. The van der Waals surface area contributed by atoms with Gasteiger partial charge in [0, 0.05) is 21.1 Å². The molecule has 3 rings (SSSR count). The van der Waals surface area contributed by atoms with Crippen molar-refractivity contribution in [2.45, 2.75) is 25.5 Å². The van der Waals surface area contributed by atoms with E-state index in [0.717, 1.165) is 28.7 Å². The van der Waals surface area contributed by atoms with Crippen LogP contribution in [0.25, 0.3) is 11.4 Å². The molecule has 18 heavy (non-hydrogen) atoms. The lowest BCUT2D eigenvalue weighted by atomic mass is 10.2. The molecule has 1 N–H and O–H groups in total. The molecular weight excluding hydrogens is 318 g/mol. The van der Waals surface area contributed by atoms with Crippen LogP contribution < -0.4 is 0 Å². The Morgan fingerprint density at radius 2 is 2.11 bits per heavy atom. The van der Waals surface area contributed by atoms with Gasteiger partial charge in [0.2, 0.25) is 0 Å². The van der Waals surface area contributed by atoms with Crippen molar-refractivity contribution in [2.75, 3.05) is 0 Å². The number of hydrogen-bond acceptors (Lipinski definition) is 3. The zero-order chi connectivity index (χ0) is 12.7. The summed E-state index contributed by atoms with van der Waals surface area (Å²) in [4.78, 5) is 0. The van der Waals surface area contributed by atoms with Gasteiger partial charge in [-0.2, -0.15) is 0 Å². The number of aliphatic hydroxyl groups excluding tert-OH is 1. The Hall–Kier alpha value is -0.910. The van der Waals surface area contributed by atoms with Crippen LogP contribution in [0.15, 0.2) is 22.7 Å².